The molecule has 3 rings (SSSR count). The monoisotopic (exact) mass is 280 g/mol. The first-order valence-corrected chi connectivity index (χ1v) is 7.50. The molecule has 0 bridgehead atoms. The molecule has 1 aromatic carbocycles. The van der Waals surface area contributed by atoms with Gasteiger partial charge in [0.05, 0.1) is 0 Å². The molecule has 1 saturated heterocycles. The molecule has 2 aromatic rings. The van der Waals surface area contributed by atoms with Crippen molar-refractivity contribution in [1.82, 2.24) is 9.88 Å². The molecule has 0 spiro atoms. The van der Waals surface area contributed by atoms with E-state index in [-0.39, 0.29) is 5.91 Å². The van der Waals surface area contributed by atoms with Crippen molar-refractivity contribution in [1.29, 1.82) is 0 Å². The lowest BCUT2D eigenvalue weighted by Gasteiger charge is -2.22. The average molecular weight is 280 g/mol. The van der Waals surface area contributed by atoms with Gasteiger partial charge in [-0.3, -0.25) is 9.78 Å². The summed E-state index contributed by atoms with van der Waals surface area (Å²) in [6, 6.07) is 12.3. The number of pyridine rings is 1. The van der Waals surface area contributed by atoms with E-state index in [1.165, 1.54) is 0 Å². The van der Waals surface area contributed by atoms with Crippen molar-refractivity contribution in [3.8, 4) is 11.1 Å². The number of aromatic nitrogens is 1. The highest BCUT2D eigenvalue weighted by Crippen LogP contribution is 2.28. The topological polar surface area (TPSA) is 33.2 Å². The molecule has 21 heavy (non-hydrogen) atoms. The van der Waals surface area contributed by atoms with Crippen molar-refractivity contribution in [2.75, 3.05) is 6.54 Å². The fourth-order valence-corrected chi connectivity index (χ4v) is 3.04. The largest absolute Gasteiger partial charge is 0.335 e. The van der Waals surface area contributed by atoms with E-state index in [0.717, 1.165) is 36.1 Å². The number of carbonyl (C=O) groups is 1. The number of nitrogens with zero attached hydrogens (tertiary/aromatic N) is 2. The number of rotatable bonds is 2. The molecule has 108 valence electrons. The number of amides is 1. The molecular weight excluding hydrogens is 260 g/mol. The van der Waals surface area contributed by atoms with E-state index in [1.807, 2.05) is 29.2 Å². The Bertz CT molecular complexity index is 666. The second kappa shape index (κ2) is 5.68. The van der Waals surface area contributed by atoms with Crippen molar-refractivity contribution < 1.29 is 4.79 Å². The fraction of sp³-hybridized carbons (Fsp3) is 0.333. The SMILES string of the molecule is Cc1ccccc1-c1cccnc1C(=O)N1CCCC1C. The van der Waals surface area contributed by atoms with Crippen LogP contribution in [0.15, 0.2) is 42.6 Å². The highest BCUT2D eigenvalue weighted by Gasteiger charge is 2.28. The zero-order valence-electron chi connectivity index (χ0n) is 12.5. The Morgan fingerprint density at radius 2 is 1.95 bits per heavy atom. The number of carbonyl (C=O) groups excluding carboxylic acids is 1. The lowest BCUT2D eigenvalue weighted by Crippen LogP contribution is -2.34. The Hall–Kier alpha value is -2.16. The summed E-state index contributed by atoms with van der Waals surface area (Å²) in [5.41, 5.74) is 3.75. The number of likely N-dealkylation sites (tertiary alicyclic amines) is 1. The van der Waals surface area contributed by atoms with Crippen LogP contribution in [0.2, 0.25) is 0 Å². The smallest absolute Gasteiger partial charge is 0.273 e. The van der Waals surface area contributed by atoms with Crippen LogP contribution < -0.4 is 0 Å². The summed E-state index contributed by atoms with van der Waals surface area (Å²) in [6.07, 6.45) is 3.87. The highest BCUT2D eigenvalue weighted by atomic mass is 16.2. The molecule has 3 nitrogen and oxygen atoms in total. The van der Waals surface area contributed by atoms with Gasteiger partial charge in [0.2, 0.25) is 0 Å². The van der Waals surface area contributed by atoms with Gasteiger partial charge in [-0.2, -0.15) is 0 Å². The predicted octanol–water partition coefficient (Wildman–Crippen LogP) is 3.68. The third kappa shape index (κ3) is 2.56. The Morgan fingerprint density at radius 1 is 1.19 bits per heavy atom. The van der Waals surface area contributed by atoms with E-state index in [4.69, 9.17) is 0 Å². The normalized spacial score (nSPS) is 18.0. The van der Waals surface area contributed by atoms with Crippen LogP contribution in [0.5, 0.6) is 0 Å². The number of benzene rings is 1. The molecule has 0 aliphatic carbocycles. The molecule has 1 aromatic heterocycles. The first-order chi connectivity index (χ1) is 10.2. The molecule has 2 heterocycles. The maximum atomic E-state index is 12.8. The number of hydrogen-bond donors (Lipinski definition) is 0. The highest BCUT2D eigenvalue weighted by molar-refractivity contribution is 5.99. The van der Waals surface area contributed by atoms with Gasteiger partial charge in [0.1, 0.15) is 5.69 Å². The molecule has 0 N–H and O–H groups in total. The Balaban J connectivity index is 2.04. The minimum absolute atomic E-state index is 0.0545. The first-order valence-electron chi connectivity index (χ1n) is 7.50. The van der Waals surface area contributed by atoms with Gasteiger partial charge < -0.3 is 4.90 Å². The molecule has 1 unspecified atom stereocenters. The van der Waals surface area contributed by atoms with E-state index >= 15 is 0 Å². The summed E-state index contributed by atoms with van der Waals surface area (Å²) < 4.78 is 0. The van der Waals surface area contributed by atoms with Gasteiger partial charge in [-0.1, -0.05) is 30.3 Å². The summed E-state index contributed by atoms with van der Waals surface area (Å²) in [5.74, 6) is 0.0545. The molecule has 1 aliphatic rings. The molecule has 1 aliphatic heterocycles. The lowest BCUT2D eigenvalue weighted by molar-refractivity contribution is 0.0742. The number of aryl methyl sites for hydroxylation is 1. The second-order valence-corrected chi connectivity index (χ2v) is 5.70. The van der Waals surface area contributed by atoms with Crippen molar-refractivity contribution in [2.45, 2.75) is 32.7 Å². The molecule has 1 amide bonds. The summed E-state index contributed by atoms with van der Waals surface area (Å²) in [6.45, 7) is 5.01. The summed E-state index contributed by atoms with van der Waals surface area (Å²) in [5, 5.41) is 0. The Labute approximate surface area is 125 Å². The minimum atomic E-state index is 0.0545. The van der Waals surface area contributed by atoms with E-state index in [9.17, 15) is 4.79 Å². The van der Waals surface area contributed by atoms with Crippen LogP contribution in [0.1, 0.15) is 35.8 Å². The molecule has 1 fully saturated rings. The van der Waals surface area contributed by atoms with Crippen LogP contribution in [0, 0.1) is 6.92 Å². The zero-order valence-corrected chi connectivity index (χ0v) is 12.5. The van der Waals surface area contributed by atoms with Gasteiger partial charge in [-0.15, -0.1) is 0 Å². The van der Waals surface area contributed by atoms with Gasteiger partial charge in [0.25, 0.3) is 5.91 Å². The van der Waals surface area contributed by atoms with Crippen molar-refractivity contribution in [2.24, 2.45) is 0 Å². The van der Waals surface area contributed by atoms with Gasteiger partial charge in [-0.25, -0.2) is 0 Å². The summed E-state index contributed by atoms with van der Waals surface area (Å²) in [7, 11) is 0. The van der Waals surface area contributed by atoms with Crippen LogP contribution in [0.3, 0.4) is 0 Å². The maximum absolute atomic E-state index is 12.8. The van der Waals surface area contributed by atoms with Crippen LogP contribution >= 0.6 is 0 Å². The average Bonchev–Trinajstić information content (AvgIpc) is 2.93. The molecular formula is C18H20N2O. The van der Waals surface area contributed by atoms with Crippen LogP contribution in [0.25, 0.3) is 11.1 Å². The van der Waals surface area contributed by atoms with Gasteiger partial charge in [0, 0.05) is 24.3 Å². The van der Waals surface area contributed by atoms with E-state index in [0.29, 0.717) is 11.7 Å². The number of hydrogen-bond acceptors (Lipinski definition) is 2. The Morgan fingerprint density at radius 3 is 2.67 bits per heavy atom. The fourth-order valence-electron chi connectivity index (χ4n) is 3.04. The zero-order chi connectivity index (χ0) is 14.8. The second-order valence-electron chi connectivity index (χ2n) is 5.70. The van der Waals surface area contributed by atoms with Crippen molar-refractivity contribution in [3.63, 3.8) is 0 Å². The molecule has 0 radical (unpaired) electrons. The first kappa shape index (κ1) is 13.8. The van der Waals surface area contributed by atoms with Crippen LogP contribution in [-0.4, -0.2) is 28.4 Å². The van der Waals surface area contributed by atoms with E-state index in [1.54, 1.807) is 6.20 Å². The maximum Gasteiger partial charge on any atom is 0.273 e. The van der Waals surface area contributed by atoms with Gasteiger partial charge in [-0.05, 0) is 43.9 Å². The quantitative estimate of drug-likeness (QED) is 0.840. The summed E-state index contributed by atoms with van der Waals surface area (Å²) in [4.78, 5) is 19.2. The lowest BCUT2D eigenvalue weighted by atomic mass is 9.98. The predicted molar refractivity (Wildman–Crippen MR) is 84.1 cm³/mol. The Kier molecular flexibility index (Phi) is 3.74. The van der Waals surface area contributed by atoms with Crippen molar-refractivity contribution >= 4 is 5.91 Å². The molecule has 1 atom stereocenters. The third-order valence-corrected chi connectivity index (χ3v) is 4.26. The molecule has 3 heteroatoms. The van der Waals surface area contributed by atoms with Crippen LogP contribution in [-0.2, 0) is 0 Å². The minimum Gasteiger partial charge on any atom is -0.335 e. The molecule has 0 saturated carbocycles. The van der Waals surface area contributed by atoms with Gasteiger partial charge in [0.15, 0.2) is 0 Å². The third-order valence-electron chi connectivity index (χ3n) is 4.26. The van der Waals surface area contributed by atoms with Gasteiger partial charge >= 0.3 is 0 Å². The summed E-state index contributed by atoms with van der Waals surface area (Å²) >= 11 is 0. The van der Waals surface area contributed by atoms with E-state index < -0.39 is 0 Å². The standard InChI is InChI=1S/C18H20N2O/c1-13-7-3-4-9-15(13)16-10-5-11-19-17(16)18(21)20-12-6-8-14(20)2/h3-5,7,9-11,14H,6,8,12H2,1-2H3. The van der Waals surface area contributed by atoms with Crippen LogP contribution in [0.4, 0.5) is 0 Å². The van der Waals surface area contributed by atoms with Crippen molar-refractivity contribution in [3.05, 3.63) is 53.9 Å². The van der Waals surface area contributed by atoms with E-state index in [2.05, 4.69) is 31.0 Å².